The highest BCUT2D eigenvalue weighted by molar-refractivity contribution is 6.51. The van der Waals surface area contributed by atoms with Crippen LogP contribution in [-0.2, 0) is 47.3 Å². The number of hydrogen-bond donors (Lipinski definition) is 2. The third-order valence-electron chi connectivity index (χ3n) is 10.9. The van der Waals surface area contributed by atoms with E-state index in [1.165, 1.54) is 21.4 Å². The van der Waals surface area contributed by atoms with E-state index in [0.717, 1.165) is 23.4 Å². The zero-order chi connectivity index (χ0) is 54.7. The molecule has 4 heterocycles. The van der Waals surface area contributed by atoms with Gasteiger partial charge in [-0.15, -0.1) is 0 Å². The zero-order valence-corrected chi connectivity index (χ0v) is 44.7. The molecule has 1 saturated heterocycles. The van der Waals surface area contributed by atoms with E-state index in [1.807, 2.05) is 70.1 Å². The first kappa shape index (κ1) is 57.3. The number of alkyl halides is 3. The molecular weight excluding hydrogens is 946 g/mol. The van der Waals surface area contributed by atoms with Crippen LogP contribution in [0.2, 0.25) is 0 Å². The second-order valence-electron chi connectivity index (χ2n) is 22.6. The van der Waals surface area contributed by atoms with Gasteiger partial charge in [-0.25, -0.2) is 19.2 Å². The molecule has 0 bridgehead atoms. The van der Waals surface area contributed by atoms with E-state index in [1.54, 1.807) is 108 Å². The topological polar surface area (TPSA) is 170 Å². The summed E-state index contributed by atoms with van der Waals surface area (Å²) in [5, 5.41) is 6.77. The van der Waals surface area contributed by atoms with Crippen molar-refractivity contribution in [3.63, 3.8) is 0 Å². The Morgan fingerprint density at radius 3 is 1.40 bits per heavy atom. The smallest absolute Gasteiger partial charge is 0.444 e. The molecule has 0 radical (unpaired) electrons. The number of fused-ring (bicyclic) bond motifs is 2. The van der Waals surface area contributed by atoms with Gasteiger partial charge in [0.15, 0.2) is 0 Å². The Morgan fingerprint density at radius 1 is 0.616 bits per heavy atom. The Balaban J connectivity index is 0.000000271. The molecule has 0 atom stereocenters. The van der Waals surface area contributed by atoms with Gasteiger partial charge in [-0.3, -0.25) is 24.8 Å². The summed E-state index contributed by atoms with van der Waals surface area (Å²) >= 11 is 0. The molecule has 3 aromatic heterocycles. The lowest BCUT2D eigenvalue weighted by Gasteiger charge is -2.32. The number of pyridine rings is 1. The van der Waals surface area contributed by atoms with Gasteiger partial charge in [0.05, 0.1) is 44.9 Å². The summed E-state index contributed by atoms with van der Waals surface area (Å²) in [5.41, 5.74) is -0.164. The van der Waals surface area contributed by atoms with Crippen molar-refractivity contribution in [2.24, 2.45) is 0 Å². The lowest BCUT2D eigenvalue weighted by atomic mass is 9.89. The van der Waals surface area contributed by atoms with E-state index < -0.39 is 76.8 Å². The molecule has 6 rings (SSSR count). The highest BCUT2D eigenvalue weighted by Gasteiger charge is 2.50. The number of hydrogen-bond acceptors (Lipinski definition) is 11. The number of anilines is 2. The molecule has 0 aliphatic carbocycles. The van der Waals surface area contributed by atoms with Crippen molar-refractivity contribution < 1.29 is 60.6 Å². The van der Waals surface area contributed by atoms with Crippen molar-refractivity contribution in [1.29, 1.82) is 0 Å². The van der Waals surface area contributed by atoms with Crippen LogP contribution in [-0.4, -0.2) is 79.2 Å². The lowest BCUT2D eigenvalue weighted by molar-refractivity contribution is -0.137. The van der Waals surface area contributed by atoms with Gasteiger partial charge in [0.25, 0.3) is 0 Å². The minimum absolute atomic E-state index is 0.366. The predicted molar refractivity (Wildman–Crippen MR) is 278 cm³/mol. The van der Waals surface area contributed by atoms with E-state index in [2.05, 4.69) is 15.6 Å². The fraction of sp³-hybridized carbons (Fsp3) is 0.463. The molecule has 15 nitrogen and oxygen atoms in total. The first-order chi connectivity index (χ1) is 33.4. The third kappa shape index (κ3) is 16.5. The third-order valence-corrected chi connectivity index (χ3v) is 10.9. The van der Waals surface area contributed by atoms with E-state index in [0.29, 0.717) is 51.7 Å². The number of nitrogens with one attached hydrogen (secondary N) is 2. The fourth-order valence-electron chi connectivity index (χ4n) is 7.03. The van der Waals surface area contributed by atoms with Crippen molar-refractivity contribution in [3.05, 3.63) is 108 Å². The van der Waals surface area contributed by atoms with E-state index >= 15 is 0 Å². The van der Waals surface area contributed by atoms with Crippen LogP contribution in [0.4, 0.5) is 43.7 Å². The maximum Gasteiger partial charge on any atom is 0.486 e. The van der Waals surface area contributed by atoms with Crippen molar-refractivity contribution in [3.8, 4) is 0 Å². The second-order valence-corrected chi connectivity index (χ2v) is 22.6. The summed E-state index contributed by atoms with van der Waals surface area (Å²) in [5.74, 6) is 1.91. The molecule has 1 aliphatic rings. The van der Waals surface area contributed by atoms with Crippen molar-refractivity contribution in [2.75, 3.05) is 10.6 Å². The zero-order valence-electron chi connectivity index (χ0n) is 44.7. The first-order valence-corrected chi connectivity index (χ1v) is 23.9. The summed E-state index contributed by atoms with van der Waals surface area (Å²) in [6.07, 6.45) is 3.42. The monoisotopic (exact) mass is 1020 g/mol. The standard InChI is InChI=1S/C27H39BN2O6.C27H30F3N3O4/c1-24(2,3)33-22(31)29-20-17-30(23(32)34-25(4,5)6)21-14-13-18(16-19(20)21)12-11-15-28-35-26(7,8)27(9,10)36-28;1-25(2,3)36-23(34)32-21-16-33(24(35)37-26(4,5)6)22-13-10-17(14-20(21)22)8-7-9-19-12-11-18(15-31-19)27(28,29)30/h11,13-17H,12H2,1-10H3,(H,29,31);7,9-16H,8H2,1-6H3,(H,32,34)/b15-11+;9-7+. The number of allylic oxidation sites excluding steroid dienone is 2. The number of rotatable bonds is 8. The van der Waals surface area contributed by atoms with Crippen molar-refractivity contribution >= 4 is 70.7 Å². The summed E-state index contributed by atoms with van der Waals surface area (Å²) in [7, 11) is -0.420. The van der Waals surface area contributed by atoms with E-state index in [-0.39, 0.29) is 0 Å². The van der Waals surface area contributed by atoms with Crippen LogP contribution < -0.4 is 10.6 Å². The predicted octanol–water partition coefficient (Wildman–Crippen LogP) is 13.9. The number of carbonyl (C=O) groups excluding carboxylic acids is 4. The van der Waals surface area contributed by atoms with Gasteiger partial charge in [0, 0.05) is 29.4 Å². The maximum atomic E-state index is 12.9. The molecule has 5 aromatic rings. The molecule has 2 N–H and O–H groups in total. The molecular formula is C54H69BF3N5O10. The molecule has 0 spiro atoms. The van der Waals surface area contributed by atoms with Crippen LogP contribution >= 0.6 is 0 Å². The average Bonchev–Trinajstić information content (AvgIpc) is 3.82. The first-order valence-electron chi connectivity index (χ1n) is 23.9. The van der Waals surface area contributed by atoms with Crippen LogP contribution in [0.15, 0.2) is 85.2 Å². The minimum Gasteiger partial charge on any atom is -0.444 e. The largest absolute Gasteiger partial charge is 0.486 e. The Bertz CT molecular complexity index is 2860. The number of nitrogens with zero attached hydrogens (tertiary/aromatic N) is 3. The molecule has 394 valence electrons. The minimum atomic E-state index is -4.44. The number of halogens is 3. The Hall–Kier alpha value is -6.60. The van der Waals surface area contributed by atoms with Gasteiger partial charge in [-0.05, 0) is 177 Å². The van der Waals surface area contributed by atoms with Gasteiger partial charge in [0.1, 0.15) is 22.4 Å². The van der Waals surface area contributed by atoms with Crippen LogP contribution in [0.5, 0.6) is 0 Å². The van der Waals surface area contributed by atoms with Gasteiger partial charge in [0.2, 0.25) is 0 Å². The summed E-state index contributed by atoms with van der Waals surface area (Å²) in [6.45, 7) is 29.4. The lowest BCUT2D eigenvalue weighted by Crippen LogP contribution is -2.41. The Kier molecular flexibility index (Phi) is 16.9. The number of carbonyl (C=O) groups is 4. The molecule has 1 fully saturated rings. The second kappa shape index (κ2) is 21.5. The van der Waals surface area contributed by atoms with Gasteiger partial charge >= 0.3 is 37.7 Å². The molecule has 19 heteroatoms. The molecule has 1 aliphatic heterocycles. The summed E-state index contributed by atoms with van der Waals surface area (Å²) < 4.78 is 74.7. The van der Waals surface area contributed by atoms with Gasteiger partial charge in [-0.2, -0.15) is 13.2 Å². The Labute approximate surface area is 425 Å². The van der Waals surface area contributed by atoms with Gasteiger partial charge in [-0.1, -0.05) is 30.3 Å². The van der Waals surface area contributed by atoms with Crippen molar-refractivity contribution in [1.82, 2.24) is 14.1 Å². The van der Waals surface area contributed by atoms with Crippen LogP contribution in [0.1, 0.15) is 133 Å². The molecule has 0 unspecified atom stereocenters. The maximum absolute atomic E-state index is 12.9. The number of ether oxygens (including phenoxy) is 4. The highest BCUT2D eigenvalue weighted by Crippen LogP contribution is 2.37. The molecule has 2 amide bonds. The van der Waals surface area contributed by atoms with Gasteiger partial charge < -0.3 is 28.3 Å². The molecule has 2 aromatic carbocycles. The van der Waals surface area contributed by atoms with Crippen LogP contribution in [0.3, 0.4) is 0 Å². The normalized spacial score (nSPS) is 15.1. The average molecular weight is 1020 g/mol. The van der Waals surface area contributed by atoms with E-state index in [9.17, 15) is 32.3 Å². The van der Waals surface area contributed by atoms with Crippen LogP contribution in [0, 0.1) is 0 Å². The highest BCUT2D eigenvalue weighted by atomic mass is 19.4. The number of amides is 2. The fourth-order valence-corrected chi connectivity index (χ4v) is 7.03. The van der Waals surface area contributed by atoms with E-state index in [4.69, 9.17) is 28.3 Å². The number of aromatic nitrogens is 3. The molecule has 0 saturated carbocycles. The number of benzene rings is 2. The van der Waals surface area contributed by atoms with Crippen LogP contribution in [0.25, 0.3) is 27.9 Å². The quantitative estimate of drug-likeness (QED) is 0.112. The summed E-state index contributed by atoms with van der Waals surface area (Å²) in [6, 6.07) is 13.4. The summed E-state index contributed by atoms with van der Waals surface area (Å²) in [4.78, 5) is 54.4. The van der Waals surface area contributed by atoms with Crippen molar-refractivity contribution in [2.45, 2.75) is 163 Å². The Morgan fingerprint density at radius 2 is 1.03 bits per heavy atom. The molecule has 73 heavy (non-hydrogen) atoms. The SMILES string of the molecule is CC(C)(C)OC(=O)Nc1cn(C(=O)OC(C)(C)C)c2ccc(C/C=C/B3OC(C)(C)C(C)(C)O3)cc12.CC(C)(C)OC(=O)Nc1cn(C(=O)OC(C)(C)C)c2ccc(C/C=C/c3ccc(C(F)(F)F)cn3)cc12.